The molecule has 0 aliphatic carbocycles. The van der Waals surface area contributed by atoms with Crippen molar-refractivity contribution in [3.05, 3.63) is 53.6 Å². The van der Waals surface area contributed by atoms with Crippen LogP contribution in [0.4, 0.5) is 5.13 Å². The van der Waals surface area contributed by atoms with Crippen LogP contribution in [0.2, 0.25) is 0 Å². The molecular formula is C23H27N3O2S. The number of carbonyl (C=O) groups is 1. The van der Waals surface area contributed by atoms with Gasteiger partial charge in [0.2, 0.25) is 0 Å². The molecule has 1 amide bonds. The average molecular weight is 410 g/mol. The van der Waals surface area contributed by atoms with Crippen molar-refractivity contribution in [2.75, 3.05) is 37.7 Å². The van der Waals surface area contributed by atoms with Crippen LogP contribution in [0.3, 0.4) is 0 Å². The maximum Gasteiger partial charge on any atom is 0.253 e. The lowest BCUT2D eigenvalue weighted by molar-refractivity contribution is 0.0746. The van der Waals surface area contributed by atoms with Crippen LogP contribution in [0.5, 0.6) is 5.75 Å². The van der Waals surface area contributed by atoms with Gasteiger partial charge in [-0.15, -0.1) is 0 Å². The summed E-state index contributed by atoms with van der Waals surface area (Å²) < 4.78 is 6.91. The number of ether oxygens (including phenoxy) is 1. The van der Waals surface area contributed by atoms with Crippen LogP contribution in [0.1, 0.15) is 35.7 Å². The van der Waals surface area contributed by atoms with Gasteiger partial charge in [0.05, 0.1) is 16.8 Å². The molecule has 29 heavy (non-hydrogen) atoms. The Kier molecular flexibility index (Phi) is 6.00. The largest absolute Gasteiger partial charge is 0.494 e. The fraction of sp³-hybridized carbons (Fsp3) is 0.391. The number of amides is 1. The fourth-order valence-corrected chi connectivity index (χ4v) is 4.58. The van der Waals surface area contributed by atoms with E-state index in [1.54, 1.807) is 11.3 Å². The summed E-state index contributed by atoms with van der Waals surface area (Å²) in [7, 11) is 0. The number of anilines is 1. The van der Waals surface area contributed by atoms with E-state index in [2.05, 4.69) is 36.9 Å². The molecule has 1 aliphatic rings. The zero-order chi connectivity index (χ0) is 20.2. The van der Waals surface area contributed by atoms with Gasteiger partial charge in [-0.25, -0.2) is 4.98 Å². The van der Waals surface area contributed by atoms with Crippen LogP contribution < -0.4 is 9.64 Å². The Labute approximate surface area is 175 Å². The third kappa shape index (κ3) is 4.53. The smallest absolute Gasteiger partial charge is 0.253 e. The van der Waals surface area contributed by atoms with Gasteiger partial charge in [0.15, 0.2) is 5.13 Å². The summed E-state index contributed by atoms with van der Waals surface area (Å²) in [5.41, 5.74) is 3.03. The van der Waals surface area contributed by atoms with Crippen LogP contribution in [-0.2, 0) is 0 Å². The van der Waals surface area contributed by atoms with E-state index in [1.165, 1.54) is 10.3 Å². The molecule has 0 bridgehead atoms. The molecule has 5 nitrogen and oxygen atoms in total. The third-order valence-corrected chi connectivity index (χ3v) is 6.32. The summed E-state index contributed by atoms with van der Waals surface area (Å²) in [4.78, 5) is 21.8. The van der Waals surface area contributed by atoms with E-state index in [4.69, 9.17) is 9.72 Å². The molecule has 0 unspecified atom stereocenters. The fourth-order valence-electron chi connectivity index (χ4n) is 3.47. The monoisotopic (exact) mass is 409 g/mol. The van der Waals surface area contributed by atoms with Crippen molar-refractivity contribution in [2.24, 2.45) is 0 Å². The minimum atomic E-state index is 0.0877. The van der Waals surface area contributed by atoms with Crippen LogP contribution >= 0.6 is 11.3 Å². The molecular weight excluding hydrogens is 382 g/mol. The van der Waals surface area contributed by atoms with E-state index in [1.807, 2.05) is 29.2 Å². The molecule has 1 fully saturated rings. The van der Waals surface area contributed by atoms with Crippen molar-refractivity contribution in [1.29, 1.82) is 0 Å². The summed E-state index contributed by atoms with van der Waals surface area (Å²) in [5.74, 6) is 0.913. The molecule has 0 spiro atoms. The van der Waals surface area contributed by atoms with E-state index in [0.717, 1.165) is 54.5 Å². The number of nitrogens with zero attached hydrogens (tertiary/aromatic N) is 3. The Bertz CT molecular complexity index is 975. The second-order valence-electron chi connectivity index (χ2n) is 7.47. The molecule has 1 aliphatic heterocycles. The second kappa shape index (κ2) is 8.82. The molecule has 0 radical (unpaired) electrons. The quantitative estimate of drug-likeness (QED) is 0.552. The lowest BCUT2D eigenvalue weighted by atomic mass is 10.1. The molecule has 0 N–H and O–H groups in total. The summed E-state index contributed by atoms with van der Waals surface area (Å²) in [5, 5.41) is 1.05. The number of benzene rings is 2. The number of aryl methyl sites for hydroxylation is 1. The zero-order valence-electron chi connectivity index (χ0n) is 17.1. The first-order valence-electron chi connectivity index (χ1n) is 10.3. The van der Waals surface area contributed by atoms with Gasteiger partial charge in [-0.2, -0.15) is 0 Å². The van der Waals surface area contributed by atoms with E-state index >= 15 is 0 Å². The molecule has 2 aromatic carbocycles. The molecule has 2 heterocycles. The number of fused-ring (bicyclic) bond motifs is 1. The Morgan fingerprint density at radius 3 is 2.59 bits per heavy atom. The predicted molar refractivity (Wildman–Crippen MR) is 119 cm³/mol. The van der Waals surface area contributed by atoms with Crippen LogP contribution in [0, 0.1) is 6.92 Å². The Hall–Kier alpha value is -2.60. The van der Waals surface area contributed by atoms with Crippen LogP contribution in [0.25, 0.3) is 10.2 Å². The van der Waals surface area contributed by atoms with Crippen molar-refractivity contribution in [3.63, 3.8) is 0 Å². The number of thiazole rings is 1. The van der Waals surface area contributed by atoms with E-state index in [9.17, 15) is 4.79 Å². The first-order chi connectivity index (χ1) is 14.1. The van der Waals surface area contributed by atoms with Gasteiger partial charge in [0.25, 0.3) is 5.91 Å². The van der Waals surface area contributed by atoms with Gasteiger partial charge in [-0.1, -0.05) is 30.7 Å². The minimum Gasteiger partial charge on any atom is -0.494 e. The first kappa shape index (κ1) is 19.7. The Morgan fingerprint density at radius 2 is 1.86 bits per heavy atom. The highest BCUT2D eigenvalue weighted by Crippen LogP contribution is 2.30. The van der Waals surface area contributed by atoms with Crippen LogP contribution in [-0.4, -0.2) is 48.6 Å². The van der Waals surface area contributed by atoms with Crippen molar-refractivity contribution in [2.45, 2.75) is 26.7 Å². The van der Waals surface area contributed by atoms with Gasteiger partial charge >= 0.3 is 0 Å². The summed E-state index contributed by atoms with van der Waals surface area (Å²) in [6, 6.07) is 13.9. The standard InChI is InChI=1S/C23H27N3O2S/c1-3-4-15-28-19-8-6-18(7-9-19)22(27)25-11-13-26(14-12-25)23-24-20-10-5-17(2)16-21(20)29-23/h5-10,16H,3-4,11-15H2,1-2H3. The van der Waals surface area contributed by atoms with Crippen molar-refractivity contribution in [1.82, 2.24) is 9.88 Å². The molecule has 152 valence electrons. The summed E-state index contributed by atoms with van der Waals surface area (Å²) in [6.45, 7) is 8.00. The average Bonchev–Trinajstić information content (AvgIpc) is 3.17. The van der Waals surface area contributed by atoms with Crippen molar-refractivity contribution < 1.29 is 9.53 Å². The minimum absolute atomic E-state index is 0.0877. The normalized spacial score (nSPS) is 14.4. The zero-order valence-corrected chi connectivity index (χ0v) is 17.9. The Balaban J connectivity index is 1.35. The maximum absolute atomic E-state index is 12.8. The number of hydrogen-bond donors (Lipinski definition) is 0. The predicted octanol–water partition coefficient (Wildman–Crippen LogP) is 4.75. The molecule has 1 aromatic heterocycles. The third-order valence-electron chi connectivity index (χ3n) is 5.24. The lowest BCUT2D eigenvalue weighted by Crippen LogP contribution is -2.48. The van der Waals surface area contributed by atoms with Gasteiger partial charge in [-0.3, -0.25) is 4.79 Å². The Morgan fingerprint density at radius 1 is 1.10 bits per heavy atom. The highest BCUT2D eigenvalue weighted by atomic mass is 32.1. The van der Waals surface area contributed by atoms with Gasteiger partial charge in [-0.05, 0) is 55.3 Å². The van der Waals surface area contributed by atoms with Gasteiger partial charge < -0.3 is 14.5 Å². The molecule has 0 saturated carbocycles. The van der Waals surface area contributed by atoms with Crippen LogP contribution in [0.15, 0.2) is 42.5 Å². The van der Waals surface area contributed by atoms with E-state index < -0.39 is 0 Å². The molecule has 0 atom stereocenters. The van der Waals surface area contributed by atoms with Gasteiger partial charge in [0, 0.05) is 31.7 Å². The lowest BCUT2D eigenvalue weighted by Gasteiger charge is -2.34. The number of rotatable bonds is 6. The summed E-state index contributed by atoms with van der Waals surface area (Å²) >= 11 is 1.73. The molecule has 4 rings (SSSR count). The SMILES string of the molecule is CCCCOc1ccc(C(=O)N2CCN(c3nc4ccc(C)cc4s3)CC2)cc1. The number of piperazine rings is 1. The van der Waals surface area contributed by atoms with Gasteiger partial charge in [0.1, 0.15) is 5.75 Å². The highest BCUT2D eigenvalue weighted by molar-refractivity contribution is 7.22. The van der Waals surface area contributed by atoms with Crippen molar-refractivity contribution in [3.8, 4) is 5.75 Å². The molecule has 3 aromatic rings. The highest BCUT2D eigenvalue weighted by Gasteiger charge is 2.24. The summed E-state index contributed by atoms with van der Waals surface area (Å²) in [6.07, 6.45) is 2.15. The van der Waals surface area contributed by atoms with E-state index in [-0.39, 0.29) is 5.91 Å². The maximum atomic E-state index is 12.8. The van der Waals surface area contributed by atoms with Crippen molar-refractivity contribution >= 4 is 32.6 Å². The molecule has 1 saturated heterocycles. The number of hydrogen-bond acceptors (Lipinski definition) is 5. The number of aromatic nitrogens is 1. The first-order valence-corrected chi connectivity index (χ1v) is 11.1. The number of unbranched alkanes of at least 4 members (excludes halogenated alkanes) is 1. The molecule has 6 heteroatoms. The second-order valence-corrected chi connectivity index (χ2v) is 8.48. The van der Waals surface area contributed by atoms with E-state index in [0.29, 0.717) is 13.1 Å². The topological polar surface area (TPSA) is 45.7 Å². The number of carbonyl (C=O) groups excluding carboxylic acids is 1.